The van der Waals surface area contributed by atoms with Crippen LogP contribution in [-0.4, -0.2) is 27.8 Å². The molecule has 0 aliphatic rings. The molecule has 4 aromatic rings. The zero-order valence-electron chi connectivity index (χ0n) is 20.5. The van der Waals surface area contributed by atoms with Crippen molar-refractivity contribution in [2.45, 2.75) is 58.8 Å². The quantitative estimate of drug-likeness (QED) is 0.218. The van der Waals surface area contributed by atoms with E-state index in [0.717, 1.165) is 48.5 Å². The Labute approximate surface area is 210 Å². The van der Waals surface area contributed by atoms with Crippen molar-refractivity contribution in [3.8, 4) is 22.9 Å². The van der Waals surface area contributed by atoms with Gasteiger partial charge in [0.05, 0.1) is 17.7 Å². The lowest BCUT2D eigenvalue weighted by Crippen LogP contribution is -2.23. The molecule has 0 N–H and O–H groups in total. The summed E-state index contributed by atoms with van der Waals surface area (Å²) in [4.78, 5) is 18.1. The lowest BCUT2D eigenvalue weighted by molar-refractivity contribution is 0.304. The van der Waals surface area contributed by atoms with Gasteiger partial charge in [-0.1, -0.05) is 69.4 Å². The summed E-state index contributed by atoms with van der Waals surface area (Å²) in [6, 6.07) is 15.5. The molecule has 0 aliphatic heterocycles. The Balaban J connectivity index is 1.41. The van der Waals surface area contributed by atoms with Crippen LogP contribution in [0, 0.1) is 0 Å². The van der Waals surface area contributed by atoms with Crippen molar-refractivity contribution in [1.29, 1.82) is 0 Å². The highest BCUT2D eigenvalue weighted by atomic mass is 32.1. The van der Waals surface area contributed by atoms with E-state index >= 15 is 0 Å². The summed E-state index contributed by atoms with van der Waals surface area (Å²) in [6.07, 6.45) is 10.1. The molecule has 0 bridgehead atoms. The summed E-state index contributed by atoms with van der Waals surface area (Å²) in [6.45, 7) is 5.81. The van der Waals surface area contributed by atoms with E-state index < -0.39 is 0 Å². The molecule has 0 amide bonds. The normalized spacial score (nSPS) is 11.9. The van der Waals surface area contributed by atoms with Crippen molar-refractivity contribution < 1.29 is 9.47 Å². The van der Waals surface area contributed by atoms with E-state index in [4.69, 9.17) is 9.47 Å². The Morgan fingerprint density at radius 1 is 0.829 bits per heavy atom. The summed E-state index contributed by atoms with van der Waals surface area (Å²) >= 11 is 1.34. The van der Waals surface area contributed by atoms with Crippen molar-refractivity contribution in [2.24, 2.45) is 0 Å². The first kappa shape index (κ1) is 24.9. The van der Waals surface area contributed by atoms with Crippen LogP contribution >= 0.6 is 11.3 Å². The Hall–Kier alpha value is -3.19. The molecular formula is C28H33N3O3S. The van der Waals surface area contributed by atoms with Crippen LogP contribution < -0.4 is 19.6 Å². The molecule has 7 heteroatoms. The second kappa shape index (κ2) is 12.5. The van der Waals surface area contributed by atoms with Gasteiger partial charge in [0.1, 0.15) is 11.5 Å². The van der Waals surface area contributed by atoms with E-state index in [-0.39, 0.29) is 5.56 Å². The lowest BCUT2D eigenvalue weighted by Gasteiger charge is -2.06. The number of hydrogen-bond acceptors (Lipinski definition) is 6. The average molecular weight is 492 g/mol. The lowest BCUT2D eigenvalue weighted by atomic mass is 10.2. The van der Waals surface area contributed by atoms with Gasteiger partial charge in [-0.15, -0.1) is 5.10 Å². The summed E-state index contributed by atoms with van der Waals surface area (Å²) in [5, 5.41) is 4.45. The third-order valence-electron chi connectivity index (χ3n) is 5.76. The molecule has 0 spiro atoms. The molecule has 0 radical (unpaired) electrons. The Morgan fingerprint density at radius 3 is 2.11 bits per heavy atom. The Bertz CT molecular complexity index is 1310. The van der Waals surface area contributed by atoms with Crippen molar-refractivity contribution >= 4 is 22.4 Å². The van der Waals surface area contributed by atoms with Crippen LogP contribution in [0.1, 0.15) is 64.4 Å². The monoisotopic (exact) mass is 491 g/mol. The van der Waals surface area contributed by atoms with Gasteiger partial charge in [0.25, 0.3) is 5.56 Å². The summed E-state index contributed by atoms with van der Waals surface area (Å²) in [5.41, 5.74) is 1.64. The average Bonchev–Trinajstić information content (AvgIpc) is 3.42. The topological polar surface area (TPSA) is 65.7 Å². The van der Waals surface area contributed by atoms with Crippen LogP contribution in [0.15, 0.2) is 53.3 Å². The number of ether oxygens (including phenoxy) is 2. The van der Waals surface area contributed by atoms with Crippen molar-refractivity contribution in [1.82, 2.24) is 14.6 Å². The third kappa shape index (κ3) is 6.69. The molecule has 0 atom stereocenters. The molecule has 6 nitrogen and oxygen atoms in total. The highest BCUT2D eigenvalue weighted by molar-refractivity contribution is 7.15. The molecular weight excluding hydrogens is 458 g/mol. The first-order chi connectivity index (χ1) is 17.2. The largest absolute Gasteiger partial charge is 0.494 e. The van der Waals surface area contributed by atoms with Crippen LogP contribution in [0.4, 0.5) is 0 Å². The minimum Gasteiger partial charge on any atom is -0.494 e. The first-order valence-electron chi connectivity index (χ1n) is 12.6. The number of nitrogens with zero attached hydrogens (tertiary/aromatic N) is 3. The summed E-state index contributed by atoms with van der Waals surface area (Å²) in [5.74, 6) is 2.22. The maximum absolute atomic E-state index is 12.9. The zero-order chi connectivity index (χ0) is 24.5. The predicted octanol–water partition coefficient (Wildman–Crippen LogP) is 5.89. The predicted molar refractivity (Wildman–Crippen MR) is 142 cm³/mol. The third-order valence-corrected chi connectivity index (χ3v) is 6.71. The molecule has 2 aromatic heterocycles. The summed E-state index contributed by atoms with van der Waals surface area (Å²) < 4.78 is 13.5. The van der Waals surface area contributed by atoms with Gasteiger partial charge in [-0.3, -0.25) is 4.79 Å². The number of aromatic nitrogens is 3. The molecule has 2 heterocycles. The van der Waals surface area contributed by atoms with E-state index in [1.807, 2.05) is 54.6 Å². The molecule has 35 heavy (non-hydrogen) atoms. The van der Waals surface area contributed by atoms with Gasteiger partial charge in [0.15, 0.2) is 5.82 Å². The van der Waals surface area contributed by atoms with E-state index in [0.29, 0.717) is 21.9 Å². The smallest absolute Gasteiger partial charge is 0.291 e. The number of benzene rings is 2. The van der Waals surface area contributed by atoms with Crippen LogP contribution in [-0.2, 0) is 0 Å². The van der Waals surface area contributed by atoms with Crippen LogP contribution in [0.5, 0.6) is 11.5 Å². The van der Waals surface area contributed by atoms with Gasteiger partial charge < -0.3 is 9.47 Å². The van der Waals surface area contributed by atoms with Gasteiger partial charge in [0.2, 0.25) is 4.96 Å². The highest BCUT2D eigenvalue weighted by Gasteiger charge is 2.12. The molecule has 0 fully saturated rings. The Morgan fingerprint density at radius 2 is 1.46 bits per heavy atom. The van der Waals surface area contributed by atoms with Crippen LogP contribution in [0.3, 0.4) is 0 Å². The SMILES string of the molecule is CCCCCCCOc1ccc(C=c2sc3nc(-c4ccc(OCCCC)cc4)nn3c2=O)cc1. The van der Waals surface area contributed by atoms with Crippen LogP contribution in [0.2, 0.25) is 0 Å². The van der Waals surface area contributed by atoms with Gasteiger partial charge in [-0.05, 0) is 60.9 Å². The number of unbranched alkanes of at least 4 members (excludes halogenated alkanes) is 5. The fourth-order valence-electron chi connectivity index (χ4n) is 3.70. The molecule has 0 saturated carbocycles. The van der Waals surface area contributed by atoms with Gasteiger partial charge in [0, 0.05) is 5.56 Å². The minimum absolute atomic E-state index is 0.157. The minimum atomic E-state index is -0.157. The van der Waals surface area contributed by atoms with E-state index in [2.05, 4.69) is 23.9 Å². The first-order valence-corrected chi connectivity index (χ1v) is 13.4. The zero-order valence-corrected chi connectivity index (χ0v) is 21.4. The molecule has 0 saturated heterocycles. The van der Waals surface area contributed by atoms with Crippen molar-refractivity contribution in [3.05, 3.63) is 69.0 Å². The number of hydrogen-bond donors (Lipinski definition) is 0. The Kier molecular flexibility index (Phi) is 8.90. The van der Waals surface area contributed by atoms with Gasteiger partial charge in [-0.2, -0.15) is 9.50 Å². The standard InChI is InChI=1S/C28H33N3O3S/c1-3-5-7-8-9-19-34-23-14-10-21(11-15-23)20-25-27(32)31-28(35-25)29-26(30-31)22-12-16-24(17-13-22)33-18-6-4-2/h10-17,20H,3-9,18-19H2,1-2H3. The second-order valence-corrected chi connectivity index (χ2v) is 9.61. The molecule has 2 aromatic carbocycles. The summed E-state index contributed by atoms with van der Waals surface area (Å²) in [7, 11) is 0. The number of fused-ring (bicyclic) bond motifs is 1. The van der Waals surface area contributed by atoms with Crippen molar-refractivity contribution in [3.63, 3.8) is 0 Å². The fourth-order valence-corrected chi connectivity index (χ4v) is 4.61. The molecule has 0 aliphatic carbocycles. The number of thiazole rings is 1. The van der Waals surface area contributed by atoms with Gasteiger partial charge in [-0.25, -0.2) is 0 Å². The van der Waals surface area contributed by atoms with E-state index in [1.54, 1.807) is 0 Å². The highest BCUT2D eigenvalue weighted by Crippen LogP contribution is 2.21. The van der Waals surface area contributed by atoms with Crippen molar-refractivity contribution in [2.75, 3.05) is 13.2 Å². The number of rotatable bonds is 13. The fraction of sp³-hybridized carbons (Fsp3) is 0.393. The van der Waals surface area contributed by atoms with E-state index in [1.165, 1.54) is 41.5 Å². The van der Waals surface area contributed by atoms with Gasteiger partial charge >= 0.3 is 0 Å². The maximum Gasteiger partial charge on any atom is 0.291 e. The molecule has 184 valence electrons. The maximum atomic E-state index is 12.9. The second-order valence-electron chi connectivity index (χ2n) is 8.60. The molecule has 4 rings (SSSR count). The van der Waals surface area contributed by atoms with E-state index in [9.17, 15) is 4.79 Å². The van der Waals surface area contributed by atoms with Crippen LogP contribution in [0.25, 0.3) is 22.4 Å². The molecule has 0 unspecified atom stereocenters.